The molecule has 1 aromatic heterocycles. The Morgan fingerprint density at radius 1 is 1.47 bits per heavy atom. The normalized spacial score (nSPS) is 20.2. The van der Waals surface area contributed by atoms with Gasteiger partial charge >= 0.3 is 6.02 Å². The van der Waals surface area contributed by atoms with E-state index in [1.807, 2.05) is 17.6 Å². The maximum absolute atomic E-state index is 5.05. The second kappa shape index (κ2) is 4.14. The summed E-state index contributed by atoms with van der Waals surface area (Å²) >= 11 is 1.82. The van der Waals surface area contributed by atoms with E-state index in [1.54, 1.807) is 7.11 Å². The molecule has 15 heavy (non-hydrogen) atoms. The van der Waals surface area contributed by atoms with Crippen molar-refractivity contribution in [3.63, 3.8) is 0 Å². The van der Waals surface area contributed by atoms with Crippen LogP contribution >= 0.6 is 11.3 Å². The number of aliphatic imine (C=N–C) groups is 2. The Hall–Kier alpha value is -1.16. The van der Waals surface area contributed by atoms with Crippen LogP contribution in [-0.2, 0) is 4.74 Å². The van der Waals surface area contributed by atoms with Crippen LogP contribution in [0.2, 0.25) is 0 Å². The molecule has 1 aromatic rings. The van der Waals surface area contributed by atoms with E-state index in [0.717, 1.165) is 6.42 Å². The Bertz CT molecular complexity index is 420. The fraction of sp³-hybridized carbons (Fsp3) is 0.455. The van der Waals surface area contributed by atoms with Gasteiger partial charge in [0.1, 0.15) is 0 Å². The molecule has 0 saturated carbocycles. The molecule has 0 amide bonds. The van der Waals surface area contributed by atoms with Crippen molar-refractivity contribution in [2.75, 3.05) is 7.11 Å². The fourth-order valence-corrected chi connectivity index (χ4v) is 2.71. The van der Waals surface area contributed by atoms with Crippen molar-refractivity contribution in [1.82, 2.24) is 0 Å². The van der Waals surface area contributed by atoms with Crippen LogP contribution in [0.4, 0.5) is 0 Å². The molecule has 1 atom stereocenters. The number of nitrogens with zero attached hydrogens (tertiary/aromatic N) is 2. The number of rotatable bonds is 1. The average molecular weight is 222 g/mol. The minimum Gasteiger partial charge on any atom is -0.467 e. The van der Waals surface area contributed by atoms with E-state index in [-0.39, 0.29) is 6.04 Å². The van der Waals surface area contributed by atoms with Crippen LogP contribution in [0, 0.1) is 13.8 Å². The number of aryl methyl sites for hydroxylation is 2. The zero-order valence-corrected chi connectivity index (χ0v) is 9.97. The molecule has 1 aliphatic heterocycles. The molecule has 0 aromatic carbocycles. The molecule has 2 rings (SSSR count). The summed E-state index contributed by atoms with van der Waals surface area (Å²) in [5, 5.41) is 0. The molecular weight excluding hydrogens is 208 g/mol. The third-order valence-corrected chi connectivity index (χ3v) is 3.40. The van der Waals surface area contributed by atoms with E-state index in [4.69, 9.17) is 4.74 Å². The molecular formula is C11H14N2OS. The summed E-state index contributed by atoms with van der Waals surface area (Å²) < 4.78 is 5.05. The van der Waals surface area contributed by atoms with Crippen molar-refractivity contribution in [3.05, 3.63) is 21.4 Å². The van der Waals surface area contributed by atoms with Gasteiger partial charge in [0, 0.05) is 22.4 Å². The largest absolute Gasteiger partial charge is 0.467 e. The van der Waals surface area contributed by atoms with Crippen LogP contribution in [0.1, 0.15) is 27.8 Å². The molecule has 0 bridgehead atoms. The van der Waals surface area contributed by atoms with Gasteiger partial charge in [-0.1, -0.05) is 0 Å². The fourth-order valence-electron chi connectivity index (χ4n) is 1.73. The zero-order chi connectivity index (χ0) is 10.8. The summed E-state index contributed by atoms with van der Waals surface area (Å²) in [6.45, 7) is 4.26. The van der Waals surface area contributed by atoms with Crippen molar-refractivity contribution in [2.24, 2.45) is 9.98 Å². The summed E-state index contributed by atoms with van der Waals surface area (Å²) in [7, 11) is 1.60. The molecule has 0 spiro atoms. The van der Waals surface area contributed by atoms with Gasteiger partial charge in [-0.05, 0) is 25.5 Å². The van der Waals surface area contributed by atoms with Crippen LogP contribution in [0.15, 0.2) is 16.1 Å². The van der Waals surface area contributed by atoms with E-state index in [1.165, 1.54) is 15.3 Å². The van der Waals surface area contributed by atoms with Crippen LogP contribution in [0.5, 0.6) is 0 Å². The highest BCUT2D eigenvalue weighted by molar-refractivity contribution is 7.12. The summed E-state index contributed by atoms with van der Waals surface area (Å²) in [6, 6.07) is 2.87. The predicted molar refractivity (Wildman–Crippen MR) is 64.1 cm³/mol. The summed E-state index contributed by atoms with van der Waals surface area (Å²) in [5.41, 5.74) is 1.30. The molecule has 1 aliphatic rings. The molecule has 1 unspecified atom stereocenters. The summed E-state index contributed by atoms with van der Waals surface area (Å²) in [6.07, 6.45) is 2.74. The predicted octanol–water partition coefficient (Wildman–Crippen LogP) is 2.88. The van der Waals surface area contributed by atoms with Crippen LogP contribution in [0.3, 0.4) is 0 Å². The number of thiophene rings is 1. The minimum atomic E-state index is 0.183. The quantitative estimate of drug-likeness (QED) is 0.719. The first kappa shape index (κ1) is 10.4. The minimum absolute atomic E-state index is 0.183. The third kappa shape index (κ3) is 2.09. The lowest BCUT2D eigenvalue weighted by Gasteiger charge is -2.14. The molecule has 0 radical (unpaired) electrons. The van der Waals surface area contributed by atoms with Crippen molar-refractivity contribution in [3.8, 4) is 0 Å². The lowest BCUT2D eigenvalue weighted by atomic mass is 10.1. The highest BCUT2D eigenvalue weighted by Gasteiger charge is 2.17. The van der Waals surface area contributed by atoms with Gasteiger partial charge in [0.05, 0.1) is 13.2 Å². The first-order valence-corrected chi connectivity index (χ1v) is 5.73. The van der Waals surface area contributed by atoms with E-state index in [0.29, 0.717) is 6.02 Å². The lowest BCUT2D eigenvalue weighted by molar-refractivity contribution is 0.389. The highest BCUT2D eigenvalue weighted by atomic mass is 32.1. The van der Waals surface area contributed by atoms with Gasteiger partial charge in [-0.15, -0.1) is 11.3 Å². The second-order valence-corrected chi connectivity index (χ2v) is 5.01. The van der Waals surface area contributed by atoms with Crippen molar-refractivity contribution < 1.29 is 4.74 Å². The van der Waals surface area contributed by atoms with Crippen molar-refractivity contribution in [1.29, 1.82) is 0 Å². The Morgan fingerprint density at radius 3 is 2.87 bits per heavy atom. The second-order valence-electron chi connectivity index (χ2n) is 3.55. The van der Waals surface area contributed by atoms with E-state index < -0.39 is 0 Å². The van der Waals surface area contributed by atoms with Gasteiger partial charge in [-0.25, -0.2) is 9.98 Å². The number of ether oxygens (including phenoxy) is 1. The Balaban J connectivity index is 2.29. The first-order valence-electron chi connectivity index (χ1n) is 4.92. The molecule has 4 heteroatoms. The highest BCUT2D eigenvalue weighted by Crippen LogP contribution is 2.31. The van der Waals surface area contributed by atoms with Gasteiger partial charge in [0.2, 0.25) is 0 Å². The number of methoxy groups -OCH3 is 1. The van der Waals surface area contributed by atoms with E-state index >= 15 is 0 Å². The summed E-state index contributed by atoms with van der Waals surface area (Å²) in [5.74, 6) is 0. The van der Waals surface area contributed by atoms with Gasteiger partial charge in [-0.2, -0.15) is 0 Å². The zero-order valence-electron chi connectivity index (χ0n) is 9.15. The average Bonchev–Trinajstić information content (AvgIpc) is 2.58. The molecule has 0 N–H and O–H groups in total. The SMILES string of the molecule is COC1=NC(c2cc(C)sc2C)CC=N1. The summed E-state index contributed by atoms with van der Waals surface area (Å²) in [4.78, 5) is 11.2. The number of hydrogen-bond donors (Lipinski definition) is 0. The van der Waals surface area contributed by atoms with Gasteiger partial charge in [0.25, 0.3) is 0 Å². The molecule has 0 aliphatic carbocycles. The van der Waals surface area contributed by atoms with Crippen LogP contribution in [0.25, 0.3) is 0 Å². The third-order valence-electron chi connectivity index (χ3n) is 2.42. The topological polar surface area (TPSA) is 34.0 Å². The van der Waals surface area contributed by atoms with Gasteiger partial charge in [0.15, 0.2) is 0 Å². The van der Waals surface area contributed by atoms with E-state index in [9.17, 15) is 0 Å². The molecule has 3 nitrogen and oxygen atoms in total. The molecule has 0 fully saturated rings. The Kier molecular flexibility index (Phi) is 2.86. The van der Waals surface area contributed by atoms with Crippen LogP contribution in [-0.4, -0.2) is 19.3 Å². The Morgan fingerprint density at radius 2 is 2.27 bits per heavy atom. The first-order chi connectivity index (χ1) is 7.20. The smallest absolute Gasteiger partial charge is 0.311 e. The van der Waals surface area contributed by atoms with Gasteiger partial charge < -0.3 is 4.74 Å². The van der Waals surface area contributed by atoms with Crippen molar-refractivity contribution in [2.45, 2.75) is 26.3 Å². The monoisotopic (exact) mass is 222 g/mol. The maximum atomic E-state index is 5.05. The Labute approximate surface area is 93.5 Å². The molecule has 0 saturated heterocycles. The number of amidine groups is 1. The molecule has 80 valence electrons. The van der Waals surface area contributed by atoms with Gasteiger partial charge in [-0.3, -0.25) is 0 Å². The lowest BCUT2D eigenvalue weighted by Crippen LogP contribution is -2.09. The van der Waals surface area contributed by atoms with Crippen LogP contribution < -0.4 is 0 Å². The standard InChI is InChI=1S/C11H14N2OS/c1-7-6-9(8(2)15-7)10-4-5-12-11(13-10)14-3/h5-6,10H,4H2,1-3H3. The van der Waals surface area contributed by atoms with Crippen molar-refractivity contribution >= 4 is 23.6 Å². The van der Waals surface area contributed by atoms with E-state index in [2.05, 4.69) is 29.9 Å². The number of hydrogen-bond acceptors (Lipinski definition) is 4. The maximum Gasteiger partial charge on any atom is 0.311 e. The molecule has 2 heterocycles.